The molecule has 0 unspecified atom stereocenters. The number of urea groups is 1. The average Bonchev–Trinajstić information content (AvgIpc) is 2.62. The molecule has 1 fully saturated rings. The van der Waals surface area contributed by atoms with Crippen LogP contribution < -0.4 is 10.2 Å². The summed E-state index contributed by atoms with van der Waals surface area (Å²) in [4.78, 5) is 24.1. The predicted octanol–water partition coefficient (Wildman–Crippen LogP) is 2.70. The maximum Gasteiger partial charge on any atom is 0.317 e. The lowest BCUT2D eigenvalue weighted by molar-refractivity contribution is 0.192. The number of amides is 2. The Balaban J connectivity index is 1.83. The first-order chi connectivity index (χ1) is 12.1. The molecule has 1 aliphatic heterocycles. The molecule has 25 heavy (non-hydrogen) atoms. The van der Waals surface area contributed by atoms with Gasteiger partial charge in [0.15, 0.2) is 0 Å². The van der Waals surface area contributed by atoms with Crippen LogP contribution in [-0.2, 0) is 0 Å². The fourth-order valence-electron chi connectivity index (χ4n) is 2.82. The summed E-state index contributed by atoms with van der Waals surface area (Å²) < 4.78 is 13.2. The highest BCUT2D eigenvalue weighted by Crippen LogP contribution is 2.31. The average molecular weight is 364 g/mol. The number of nitrogens with zero attached hydrogens (tertiary/aromatic N) is 4. The van der Waals surface area contributed by atoms with Gasteiger partial charge in [0, 0.05) is 25.2 Å². The minimum atomic E-state index is -0.401. The zero-order valence-electron chi connectivity index (χ0n) is 13.8. The number of carbonyl (C=O) groups excluding carboxylic acids is 1. The Bertz CT molecular complexity index is 742. The first-order valence-electron chi connectivity index (χ1n) is 8.09. The fraction of sp³-hybridized carbons (Fsp3) is 0.353. The van der Waals surface area contributed by atoms with E-state index in [1.807, 2.05) is 11.8 Å². The highest BCUT2D eigenvalue weighted by Gasteiger charge is 2.30. The van der Waals surface area contributed by atoms with Crippen LogP contribution in [0.25, 0.3) is 11.3 Å². The summed E-state index contributed by atoms with van der Waals surface area (Å²) in [5.41, 5.74) is 1.84. The number of aromatic nitrogens is 2. The highest BCUT2D eigenvalue weighted by molar-refractivity contribution is 6.22. The van der Waals surface area contributed by atoms with Crippen LogP contribution in [0.4, 0.5) is 14.9 Å². The minimum Gasteiger partial charge on any atom is -0.349 e. The van der Waals surface area contributed by atoms with Gasteiger partial charge in [0.2, 0.25) is 0 Å². The van der Waals surface area contributed by atoms with Gasteiger partial charge in [-0.15, -0.1) is 0 Å². The molecular formula is C17H19ClFN5O. The fourth-order valence-corrected chi connectivity index (χ4v) is 3.19. The molecule has 1 aromatic carbocycles. The summed E-state index contributed by atoms with van der Waals surface area (Å²) >= 11 is 6.53. The SMILES string of the molecule is CCNC(=O)N1CCN(c2cncnc2-c2ccc(F)cc2)[C@@H](Cl)C1. The van der Waals surface area contributed by atoms with Crippen LogP contribution in [0.15, 0.2) is 36.8 Å². The number of halogens is 2. The maximum absolute atomic E-state index is 13.2. The summed E-state index contributed by atoms with van der Waals surface area (Å²) in [5.74, 6) is -0.301. The lowest BCUT2D eigenvalue weighted by Gasteiger charge is -2.40. The monoisotopic (exact) mass is 363 g/mol. The van der Waals surface area contributed by atoms with Crippen molar-refractivity contribution in [3.8, 4) is 11.3 Å². The number of piperazine rings is 1. The molecular weight excluding hydrogens is 345 g/mol. The van der Waals surface area contributed by atoms with Crippen LogP contribution in [0.1, 0.15) is 6.92 Å². The van der Waals surface area contributed by atoms with E-state index in [4.69, 9.17) is 11.6 Å². The molecule has 3 rings (SSSR count). The van der Waals surface area contributed by atoms with Gasteiger partial charge >= 0.3 is 6.03 Å². The predicted molar refractivity (Wildman–Crippen MR) is 95.1 cm³/mol. The summed E-state index contributed by atoms with van der Waals surface area (Å²) in [6, 6.07) is 6.03. The first kappa shape index (κ1) is 17.4. The molecule has 1 N–H and O–H groups in total. The third kappa shape index (κ3) is 3.82. The molecule has 1 aromatic heterocycles. The highest BCUT2D eigenvalue weighted by atomic mass is 35.5. The summed E-state index contributed by atoms with van der Waals surface area (Å²) in [5, 5.41) is 2.78. The molecule has 8 heteroatoms. The zero-order chi connectivity index (χ0) is 17.8. The first-order valence-corrected chi connectivity index (χ1v) is 8.53. The Kier molecular flexibility index (Phi) is 5.33. The van der Waals surface area contributed by atoms with Gasteiger partial charge in [0.25, 0.3) is 0 Å². The number of nitrogens with one attached hydrogen (secondary N) is 1. The topological polar surface area (TPSA) is 61.4 Å². The van der Waals surface area contributed by atoms with E-state index < -0.39 is 5.50 Å². The third-order valence-corrected chi connectivity index (χ3v) is 4.43. The molecule has 1 saturated heterocycles. The lowest BCUT2D eigenvalue weighted by atomic mass is 10.1. The van der Waals surface area contributed by atoms with Crippen LogP contribution in [0.3, 0.4) is 0 Å². The molecule has 132 valence electrons. The van der Waals surface area contributed by atoms with Gasteiger partial charge in [0.1, 0.15) is 17.6 Å². The van der Waals surface area contributed by atoms with Crippen LogP contribution >= 0.6 is 11.6 Å². The van der Waals surface area contributed by atoms with Gasteiger partial charge in [-0.25, -0.2) is 19.2 Å². The number of carbonyl (C=O) groups is 1. The normalized spacial score (nSPS) is 17.5. The van der Waals surface area contributed by atoms with E-state index in [0.29, 0.717) is 31.9 Å². The van der Waals surface area contributed by atoms with Crippen molar-refractivity contribution in [1.29, 1.82) is 0 Å². The molecule has 0 aliphatic carbocycles. The van der Waals surface area contributed by atoms with E-state index in [-0.39, 0.29) is 11.8 Å². The molecule has 6 nitrogen and oxygen atoms in total. The van der Waals surface area contributed by atoms with Crippen molar-refractivity contribution >= 4 is 23.3 Å². The number of rotatable bonds is 3. The Morgan fingerprint density at radius 1 is 1.36 bits per heavy atom. The molecule has 2 aromatic rings. The zero-order valence-corrected chi connectivity index (χ0v) is 14.6. The Hall–Kier alpha value is -2.41. The summed E-state index contributed by atoms with van der Waals surface area (Å²) in [6.45, 7) is 3.96. The molecule has 1 atom stereocenters. The van der Waals surface area contributed by atoms with Gasteiger partial charge in [-0.05, 0) is 31.2 Å². The second-order valence-corrected chi connectivity index (χ2v) is 6.18. The van der Waals surface area contributed by atoms with Crippen molar-refractivity contribution in [1.82, 2.24) is 20.2 Å². The van der Waals surface area contributed by atoms with Crippen molar-refractivity contribution in [3.05, 3.63) is 42.6 Å². The molecule has 1 aliphatic rings. The molecule has 0 spiro atoms. The Morgan fingerprint density at radius 3 is 2.80 bits per heavy atom. The van der Waals surface area contributed by atoms with Crippen LogP contribution in [0.2, 0.25) is 0 Å². The van der Waals surface area contributed by atoms with E-state index >= 15 is 0 Å². The summed E-state index contributed by atoms with van der Waals surface area (Å²) in [7, 11) is 0. The second kappa shape index (κ2) is 7.65. The molecule has 2 heterocycles. The van der Waals surface area contributed by atoms with Gasteiger partial charge in [0.05, 0.1) is 24.1 Å². The van der Waals surface area contributed by atoms with Gasteiger partial charge in [-0.2, -0.15) is 0 Å². The van der Waals surface area contributed by atoms with Crippen molar-refractivity contribution in [2.24, 2.45) is 0 Å². The Labute approximate surface area is 150 Å². The van der Waals surface area contributed by atoms with E-state index in [0.717, 1.165) is 11.3 Å². The number of alkyl halides is 1. The largest absolute Gasteiger partial charge is 0.349 e. The van der Waals surface area contributed by atoms with Crippen LogP contribution in [0.5, 0.6) is 0 Å². The Morgan fingerprint density at radius 2 is 2.12 bits per heavy atom. The van der Waals surface area contributed by atoms with E-state index in [2.05, 4.69) is 15.3 Å². The number of anilines is 1. The van der Waals surface area contributed by atoms with E-state index in [1.54, 1.807) is 23.2 Å². The molecule has 0 saturated carbocycles. The quantitative estimate of drug-likeness (QED) is 0.672. The molecule has 2 amide bonds. The van der Waals surface area contributed by atoms with E-state index in [1.165, 1.54) is 18.5 Å². The van der Waals surface area contributed by atoms with Crippen molar-refractivity contribution in [2.45, 2.75) is 12.4 Å². The van der Waals surface area contributed by atoms with Crippen molar-refractivity contribution in [3.63, 3.8) is 0 Å². The van der Waals surface area contributed by atoms with Crippen molar-refractivity contribution in [2.75, 3.05) is 31.1 Å². The standard InChI is InChI=1S/C17H19ClFN5O/c1-2-21-17(25)23-7-8-24(15(18)10-23)14-9-20-11-22-16(14)12-3-5-13(19)6-4-12/h3-6,9,11,15H,2,7-8,10H2,1H3,(H,21,25)/t15-/m1/s1. The van der Waals surface area contributed by atoms with Gasteiger partial charge in [-0.1, -0.05) is 11.6 Å². The molecule has 0 radical (unpaired) electrons. The second-order valence-electron chi connectivity index (χ2n) is 5.67. The number of hydrogen-bond acceptors (Lipinski definition) is 4. The third-order valence-electron chi connectivity index (χ3n) is 4.06. The van der Waals surface area contributed by atoms with Gasteiger partial charge < -0.3 is 15.1 Å². The van der Waals surface area contributed by atoms with E-state index in [9.17, 15) is 9.18 Å². The number of benzene rings is 1. The lowest BCUT2D eigenvalue weighted by Crippen LogP contribution is -2.55. The smallest absolute Gasteiger partial charge is 0.317 e. The molecule has 0 bridgehead atoms. The summed E-state index contributed by atoms with van der Waals surface area (Å²) in [6.07, 6.45) is 3.15. The van der Waals surface area contributed by atoms with Crippen molar-refractivity contribution < 1.29 is 9.18 Å². The minimum absolute atomic E-state index is 0.115. The van der Waals surface area contributed by atoms with Crippen LogP contribution in [-0.4, -0.2) is 52.6 Å². The maximum atomic E-state index is 13.2. The number of hydrogen-bond donors (Lipinski definition) is 1. The van der Waals surface area contributed by atoms with Gasteiger partial charge in [-0.3, -0.25) is 0 Å². The van der Waals surface area contributed by atoms with Crippen LogP contribution in [0, 0.1) is 5.82 Å².